The maximum absolute atomic E-state index is 13.1. The van der Waals surface area contributed by atoms with E-state index in [0.717, 1.165) is 16.2 Å². The maximum atomic E-state index is 13.1. The number of nitrogen functional groups attached to an aromatic ring is 1. The highest BCUT2D eigenvalue weighted by Crippen LogP contribution is 2.41. The van der Waals surface area contributed by atoms with Gasteiger partial charge in [0.2, 0.25) is 18.3 Å². The first kappa shape index (κ1) is 26.3. The third-order valence-corrected chi connectivity index (χ3v) is 8.13. The van der Waals surface area contributed by atoms with Crippen LogP contribution in [-0.4, -0.2) is 63.9 Å². The third kappa shape index (κ3) is 6.13. The van der Waals surface area contributed by atoms with Crippen LogP contribution >= 0.6 is 34.9 Å². The number of oxime groups is 1. The summed E-state index contributed by atoms with van der Waals surface area (Å²) in [5.74, 6) is -0.960. The number of thioether (sulfide) groups is 2. The fourth-order valence-corrected chi connectivity index (χ4v) is 6.21. The molecule has 16 heteroatoms. The molecule has 192 valence electrons. The molecule has 2 aromatic rings. The number of anilines is 1. The minimum absolute atomic E-state index is 0.123. The number of fused-ring (bicyclic) bond motifs is 1. The highest BCUT2D eigenvalue weighted by atomic mass is 32.2. The molecular formula is C21H21N8O5S3+. The largest absolute Gasteiger partial charge is 0.398 e. The molecule has 0 aromatic carbocycles. The predicted molar refractivity (Wildman–Crippen MR) is 136 cm³/mol. The van der Waals surface area contributed by atoms with Crippen LogP contribution in [-0.2, 0) is 24.1 Å². The number of aromatic nitrogens is 2. The van der Waals surface area contributed by atoms with E-state index in [2.05, 4.69) is 21.0 Å². The normalized spacial score (nSPS) is 16.9. The van der Waals surface area contributed by atoms with Gasteiger partial charge in [0.25, 0.3) is 0 Å². The van der Waals surface area contributed by atoms with Gasteiger partial charge >= 0.3 is 11.9 Å². The predicted octanol–water partition coefficient (Wildman–Crippen LogP) is 0.356. The Morgan fingerprint density at radius 1 is 1.43 bits per heavy atom. The lowest BCUT2D eigenvalue weighted by Crippen LogP contribution is -2.54. The molecule has 0 saturated carbocycles. The van der Waals surface area contributed by atoms with Crippen molar-refractivity contribution < 1.29 is 28.7 Å². The van der Waals surface area contributed by atoms with Crippen LogP contribution in [0.1, 0.15) is 12.1 Å². The van der Waals surface area contributed by atoms with E-state index >= 15 is 0 Å². The highest BCUT2D eigenvalue weighted by molar-refractivity contribution is 8.01. The number of β-lactam (4-membered cyclic amide) rings is 1. The quantitative estimate of drug-likeness (QED) is 0.0962. The number of nitrogens with two attached hydrogens (primary N) is 1. The Bertz CT molecular complexity index is 1300. The number of carbonyl (C=O) groups excluding carboxylic acids is 3. The van der Waals surface area contributed by atoms with Gasteiger partial charge in [-0.3, -0.25) is 14.5 Å². The van der Waals surface area contributed by atoms with Crippen molar-refractivity contribution >= 4 is 63.5 Å². The molecule has 2 amide bonds. The van der Waals surface area contributed by atoms with Crippen LogP contribution in [0.25, 0.3) is 0 Å². The Balaban J connectivity index is 1.46. The molecule has 4 N–H and O–H groups in total. The van der Waals surface area contributed by atoms with Gasteiger partial charge in [-0.25, -0.2) is 9.78 Å². The number of nitrogens with one attached hydrogen (secondary N) is 2. The molecule has 0 aliphatic carbocycles. The Morgan fingerprint density at radius 3 is 2.86 bits per heavy atom. The summed E-state index contributed by atoms with van der Waals surface area (Å²) in [6, 6.07) is 5.73. The molecule has 37 heavy (non-hydrogen) atoms. The van der Waals surface area contributed by atoms with E-state index in [4.69, 9.17) is 20.7 Å². The Hall–Kier alpha value is -3.81. The van der Waals surface area contributed by atoms with Crippen LogP contribution in [0.3, 0.4) is 0 Å². The molecule has 4 rings (SSSR count). The van der Waals surface area contributed by atoms with Gasteiger partial charge in [-0.2, -0.15) is 16.2 Å². The molecule has 2 aliphatic heterocycles. The SMILES string of the molecule is CO/N=C(\C(=O)NOC(=O)C1=C(CSc2cc[n+](NCC#N)cc2)CS[C@H]2CC(=O)N12)c1csc(N)n1. The molecule has 0 radical (unpaired) electrons. The van der Waals surface area contributed by atoms with Crippen molar-refractivity contribution in [2.75, 3.05) is 36.3 Å². The second-order valence-electron chi connectivity index (χ2n) is 7.42. The van der Waals surface area contributed by atoms with Crippen molar-refractivity contribution in [3.8, 4) is 6.07 Å². The van der Waals surface area contributed by atoms with Gasteiger partial charge < -0.3 is 15.4 Å². The second-order valence-corrected chi connectivity index (χ2v) is 10.5. The van der Waals surface area contributed by atoms with E-state index in [-0.39, 0.29) is 40.1 Å². The maximum Gasteiger partial charge on any atom is 0.379 e. The van der Waals surface area contributed by atoms with E-state index in [1.165, 1.54) is 29.2 Å². The molecule has 1 atom stereocenters. The zero-order valence-corrected chi connectivity index (χ0v) is 21.8. The standard InChI is InChI=1S/C21H20N8O5S3/c1-33-26-17(14-11-37-21(23)25-14)19(31)27-34-20(32)18-12(10-36-16-8-15(30)29(16)18)9-35-13-2-6-28(7-3-13)24-5-4-22/h2-3,6-7,11,16,24H,5,8-10H2,1H3,(H2-,23,25,27,31)/p+1/b26-17-/t16-/m0/s1. The van der Waals surface area contributed by atoms with Crippen molar-refractivity contribution in [1.29, 1.82) is 5.26 Å². The van der Waals surface area contributed by atoms with Crippen molar-refractivity contribution in [2.45, 2.75) is 16.7 Å². The van der Waals surface area contributed by atoms with E-state index in [1.807, 2.05) is 18.2 Å². The Labute approximate surface area is 223 Å². The number of hydroxylamine groups is 1. The summed E-state index contributed by atoms with van der Waals surface area (Å²) in [5.41, 5.74) is 11.3. The monoisotopic (exact) mass is 561 g/mol. The van der Waals surface area contributed by atoms with Gasteiger partial charge in [0, 0.05) is 33.9 Å². The Kier molecular flexibility index (Phi) is 8.48. The van der Waals surface area contributed by atoms with E-state index in [1.54, 1.807) is 28.8 Å². The van der Waals surface area contributed by atoms with Crippen LogP contribution in [0.5, 0.6) is 0 Å². The van der Waals surface area contributed by atoms with Crippen LogP contribution in [0, 0.1) is 11.3 Å². The summed E-state index contributed by atoms with van der Waals surface area (Å²) in [7, 11) is 1.26. The van der Waals surface area contributed by atoms with Crippen LogP contribution in [0.15, 0.2) is 51.2 Å². The minimum Gasteiger partial charge on any atom is -0.398 e. The number of thiazole rings is 1. The Morgan fingerprint density at radius 2 is 2.22 bits per heavy atom. The number of amides is 2. The molecule has 2 aromatic heterocycles. The number of pyridine rings is 1. The molecule has 0 unspecified atom stereocenters. The molecule has 2 aliphatic rings. The zero-order valence-electron chi connectivity index (χ0n) is 19.4. The van der Waals surface area contributed by atoms with Crippen LogP contribution < -0.4 is 21.3 Å². The van der Waals surface area contributed by atoms with Gasteiger partial charge in [-0.1, -0.05) is 9.83 Å². The van der Waals surface area contributed by atoms with Crippen LogP contribution in [0.4, 0.5) is 5.13 Å². The lowest BCUT2D eigenvalue weighted by molar-refractivity contribution is -0.649. The summed E-state index contributed by atoms with van der Waals surface area (Å²) in [4.78, 5) is 54.2. The lowest BCUT2D eigenvalue weighted by atomic mass is 10.1. The van der Waals surface area contributed by atoms with E-state index in [0.29, 0.717) is 23.5 Å². The smallest absolute Gasteiger partial charge is 0.379 e. The molecular weight excluding hydrogens is 540 g/mol. The first-order valence-electron chi connectivity index (χ1n) is 10.7. The second kappa shape index (κ2) is 12.0. The molecule has 0 spiro atoms. The fraction of sp³-hybridized carbons (Fsp3) is 0.286. The number of nitrogens with zero attached hydrogens (tertiary/aromatic N) is 5. The minimum atomic E-state index is -0.865. The summed E-state index contributed by atoms with van der Waals surface area (Å²) in [5, 5.41) is 13.9. The van der Waals surface area contributed by atoms with Gasteiger partial charge in [0.05, 0.1) is 17.9 Å². The van der Waals surface area contributed by atoms with Gasteiger partial charge in [-0.05, 0) is 5.57 Å². The molecule has 4 heterocycles. The number of carbonyl (C=O) groups is 3. The van der Waals surface area contributed by atoms with Gasteiger partial charge in [0.15, 0.2) is 17.4 Å². The molecule has 13 nitrogen and oxygen atoms in total. The summed E-state index contributed by atoms with van der Waals surface area (Å²) >= 11 is 4.16. The zero-order chi connectivity index (χ0) is 26.4. The number of nitriles is 1. The number of rotatable bonds is 9. The summed E-state index contributed by atoms with van der Waals surface area (Å²) in [6.45, 7) is 0.172. The summed E-state index contributed by atoms with van der Waals surface area (Å²) in [6.07, 6.45) is 3.88. The van der Waals surface area contributed by atoms with Gasteiger partial charge in [-0.15, -0.1) is 34.9 Å². The first-order chi connectivity index (χ1) is 17.9. The third-order valence-electron chi connectivity index (χ3n) is 5.08. The lowest BCUT2D eigenvalue weighted by Gasteiger charge is -2.44. The van der Waals surface area contributed by atoms with E-state index < -0.39 is 11.9 Å². The number of hydrogen-bond donors (Lipinski definition) is 3. The van der Waals surface area contributed by atoms with Crippen molar-refractivity contribution in [3.05, 3.63) is 46.9 Å². The van der Waals surface area contributed by atoms with Crippen molar-refractivity contribution in [1.82, 2.24) is 15.4 Å². The molecule has 1 saturated heterocycles. The van der Waals surface area contributed by atoms with Gasteiger partial charge in [0.1, 0.15) is 18.5 Å². The highest BCUT2D eigenvalue weighted by Gasteiger charge is 2.46. The molecule has 0 bridgehead atoms. The van der Waals surface area contributed by atoms with Crippen LogP contribution in [0.2, 0.25) is 0 Å². The number of hydrogen-bond acceptors (Lipinski definition) is 13. The first-order valence-corrected chi connectivity index (χ1v) is 13.6. The average Bonchev–Trinajstić information content (AvgIpc) is 3.33. The summed E-state index contributed by atoms with van der Waals surface area (Å²) < 4.78 is 1.67. The van der Waals surface area contributed by atoms with Crippen molar-refractivity contribution in [3.63, 3.8) is 0 Å². The topological polar surface area (TPSA) is 176 Å². The molecule has 1 fully saturated rings. The fourth-order valence-electron chi connectivity index (χ4n) is 3.37. The van der Waals surface area contributed by atoms with E-state index in [9.17, 15) is 14.4 Å². The van der Waals surface area contributed by atoms with Crippen molar-refractivity contribution in [2.24, 2.45) is 5.16 Å². The average molecular weight is 562 g/mol.